The predicted molar refractivity (Wildman–Crippen MR) is 129 cm³/mol. The molecule has 1 aliphatic heterocycles. The molecule has 1 fully saturated rings. The molecule has 1 aromatic rings. The molecule has 6 heteroatoms. The Balaban J connectivity index is 1.97. The van der Waals surface area contributed by atoms with Crippen LogP contribution in [0.3, 0.4) is 0 Å². The fraction of sp³-hybridized carbons (Fsp3) is 0.444. The number of nitrogens with one attached hydrogen (secondary N) is 1. The molecule has 0 saturated heterocycles. The molecular weight excluding hydrogens is 416 g/mol. The van der Waals surface area contributed by atoms with E-state index in [4.69, 9.17) is 4.74 Å². The summed E-state index contributed by atoms with van der Waals surface area (Å²) in [6, 6.07) is 6.81. The summed E-state index contributed by atoms with van der Waals surface area (Å²) in [5.41, 5.74) is 2.90. The molecule has 0 aromatic heterocycles. The van der Waals surface area contributed by atoms with Crippen molar-refractivity contribution >= 4 is 18.1 Å². The summed E-state index contributed by atoms with van der Waals surface area (Å²) in [5.74, 6) is 0.532. The second-order valence-corrected chi connectivity index (χ2v) is 8.96. The largest absolute Gasteiger partial charge is 0.502 e. The summed E-state index contributed by atoms with van der Waals surface area (Å²) in [4.78, 5) is 39.5. The van der Waals surface area contributed by atoms with Crippen molar-refractivity contribution in [2.45, 2.75) is 57.9 Å². The van der Waals surface area contributed by atoms with Crippen molar-refractivity contribution in [2.24, 2.45) is 0 Å². The maximum Gasteiger partial charge on any atom is 0.254 e. The Hall–Kier alpha value is -3.15. The third-order valence-corrected chi connectivity index (χ3v) is 6.77. The van der Waals surface area contributed by atoms with E-state index >= 15 is 0 Å². The van der Waals surface area contributed by atoms with Gasteiger partial charge in [0.2, 0.25) is 0 Å². The van der Waals surface area contributed by atoms with Gasteiger partial charge in [-0.2, -0.15) is 0 Å². The summed E-state index contributed by atoms with van der Waals surface area (Å²) < 4.78 is 5.20. The van der Waals surface area contributed by atoms with Gasteiger partial charge in [0.1, 0.15) is 0 Å². The van der Waals surface area contributed by atoms with Crippen molar-refractivity contribution in [2.75, 3.05) is 20.7 Å². The number of likely N-dealkylation sites (N-methyl/N-ethyl adjacent to an activating group) is 1. The quantitative estimate of drug-likeness (QED) is 0.464. The van der Waals surface area contributed by atoms with Crippen LogP contribution < -0.4 is 5.32 Å². The van der Waals surface area contributed by atoms with Crippen molar-refractivity contribution in [3.05, 3.63) is 70.0 Å². The summed E-state index contributed by atoms with van der Waals surface area (Å²) in [5, 5.41) is 3.28. The number of rotatable bonds is 8. The monoisotopic (exact) mass is 450 g/mol. The van der Waals surface area contributed by atoms with Crippen LogP contribution in [0, 0.1) is 0 Å². The van der Waals surface area contributed by atoms with Gasteiger partial charge in [-0.15, -0.1) is 0 Å². The van der Waals surface area contributed by atoms with Gasteiger partial charge in [0.15, 0.2) is 6.29 Å². The number of amides is 2. The highest BCUT2D eigenvalue weighted by atomic mass is 16.5. The molecule has 1 aromatic carbocycles. The summed E-state index contributed by atoms with van der Waals surface area (Å²) in [6.07, 6.45) is 10.4. The first-order chi connectivity index (χ1) is 15.8. The number of ether oxygens (including phenoxy) is 1. The van der Waals surface area contributed by atoms with Crippen LogP contribution in [0.2, 0.25) is 0 Å². The number of methoxy groups -OCH3 is 1. The normalized spacial score (nSPS) is 18.4. The number of allylic oxidation sites excluding steroid dienone is 3. The van der Waals surface area contributed by atoms with Crippen LogP contribution >= 0.6 is 0 Å². The van der Waals surface area contributed by atoms with Crippen molar-refractivity contribution in [3.63, 3.8) is 0 Å². The van der Waals surface area contributed by atoms with E-state index in [0.29, 0.717) is 36.0 Å². The lowest BCUT2D eigenvalue weighted by Crippen LogP contribution is -2.48. The Morgan fingerprint density at radius 2 is 1.85 bits per heavy atom. The lowest BCUT2D eigenvalue weighted by Gasteiger charge is -2.37. The summed E-state index contributed by atoms with van der Waals surface area (Å²) in [6.45, 7) is 4.18. The van der Waals surface area contributed by atoms with Gasteiger partial charge in [0.05, 0.1) is 24.0 Å². The minimum absolute atomic E-state index is 0.0674. The molecule has 1 saturated carbocycles. The van der Waals surface area contributed by atoms with Crippen LogP contribution in [0.5, 0.6) is 0 Å². The van der Waals surface area contributed by atoms with Crippen LogP contribution in [-0.2, 0) is 9.53 Å². The highest BCUT2D eigenvalue weighted by molar-refractivity contribution is 6.04. The van der Waals surface area contributed by atoms with E-state index < -0.39 is 5.54 Å². The molecule has 2 aliphatic rings. The van der Waals surface area contributed by atoms with Crippen LogP contribution in [-0.4, -0.2) is 49.2 Å². The molecule has 0 bridgehead atoms. The SMILES string of the molecule is CO/C(C)=C/C/C=C(\C)C1=C(CN(C)C(=O)c2ccccc2C=O)C2(CCCCC2)NC1=O. The van der Waals surface area contributed by atoms with Gasteiger partial charge in [-0.05, 0) is 56.4 Å². The van der Waals surface area contributed by atoms with Crippen LogP contribution in [0.25, 0.3) is 0 Å². The molecule has 1 aliphatic carbocycles. The van der Waals surface area contributed by atoms with E-state index in [0.717, 1.165) is 49.0 Å². The van der Waals surface area contributed by atoms with Gasteiger partial charge >= 0.3 is 0 Å². The van der Waals surface area contributed by atoms with Crippen LogP contribution in [0.1, 0.15) is 73.1 Å². The van der Waals surface area contributed by atoms with Gasteiger partial charge in [-0.1, -0.05) is 43.5 Å². The van der Waals surface area contributed by atoms with E-state index in [1.807, 2.05) is 26.0 Å². The molecule has 33 heavy (non-hydrogen) atoms. The molecule has 3 rings (SSSR count). The lowest BCUT2D eigenvalue weighted by atomic mass is 9.76. The molecule has 0 radical (unpaired) electrons. The third kappa shape index (κ3) is 5.27. The second kappa shape index (κ2) is 10.6. The van der Waals surface area contributed by atoms with E-state index in [-0.39, 0.29) is 11.8 Å². The Morgan fingerprint density at radius 3 is 2.52 bits per heavy atom. The molecular formula is C27H34N2O4. The van der Waals surface area contributed by atoms with Gasteiger partial charge < -0.3 is 15.0 Å². The van der Waals surface area contributed by atoms with Gasteiger partial charge in [0.25, 0.3) is 11.8 Å². The minimum atomic E-state index is -0.406. The molecule has 1 heterocycles. The second-order valence-electron chi connectivity index (χ2n) is 8.96. The van der Waals surface area contributed by atoms with Crippen LogP contribution in [0.4, 0.5) is 0 Å². The number of hydrogen-bond acceptors (Lipinski definition) is 4. The Bertz CT molecular complexity index is 1010. The first kappa shape index (κ1) is 24.5. The average Bonchev–Trinajstić information content (AvgIpc) is 3.08. The third-order valence-electron chi connectivity index (χ3n) is 6.77. The number of aldehydes is 1. The van der Waals surface area contributed by atoms with Gasteiger partial charge in [-0.25, -0.2) is 0 Å². The Labute approximate surface area is 196 Å². The zero-order valence-corrected chi connectivity index (χ0v) is 20.1. The highest BCUT2D eigenvalue weighted by Gasteiger charge is 2.46. The average molecular weight is 451 g/mol. The standard InChI is InChI=1S/C27H34N2O4/c1-19(11-10-12-20(2)33-4)24-23(27(28-25(24)31)15-8-5-9-16-27)17-29(3)26(32)22-14-7-6-13-21(22)18-30/h6-7,11-14,18H,5,8-10,15-17H2,1-4H3,(H,28,31)/b19-11+,20-12+. The smallest absolute Gasteiger partial charge is 0.254 e. The minimum Gasteiger partial charge on any atom is -0.502 e. The van der Waals surface area contributed by atoms with E-state index in [1.165, 1.54) is 0 Å². The van der Waals surface area contributed by atoms with E-state index in [2.05, 4.69) is 5.32 Å². The van der Waals surface area contributed by atoms with E-state index in [1.54, 1.807) is 43.3 Å². The first-order valence-corrected chi connectivity index (χ1v) is 11.6. The van der Waals surface area contributed by atoms with Crippen molar-refractivity contribution in [1.29, 1.82) is 0 Å². The number of carbonyl (C=O) groups is 3. The zero-order valence-electron chi connectivity index (χ0n) is 20.1. The maximum absolute atomic E-state index is 13.2. The lowest BCUT2D eigenvalue weighted by molar-refractivity contribution is -0.117. The van der Waals surface area contributed by atoms with Gasteiger partial charge in [-0.3, -0.25) is 14.4 Å². The number of hydrogen-bond donors (Lipinski definition) is 1. The topological polar surface area (TPSA) is 75.7 Å². The maximum atomic E-state index is 13.2. The molecule has 1 spiro atoms. The molecule has 176 valence electrons. The van der Waals surface area contributed by atoms with Crippen molar-refractivity contribution in [1.82, 2.24) is 10.2 Å². The van der Waals surface area contributed by atoms with Gasteiger partial charge in [0, 0.05) is 24.7 Å². The Kier molecular flexibility index (Phi) is 7.90. The molecule has 0 atom stereocenters. The number of carbonyl (C=O) groups excluding carboxylic acids is 3. The fourth-order valence-electron chi connectivity index (χ4n) is 4.86. The molecule has 2 amide bonds. The fourth-order valence-corrected chi connectivity index (χ4v) is 4.86. The summed E-state index contributed by atoms with van der Waals surface area (Å²) >= 11 is 0. The Morgan fingerprint density at radius 1 is 1.15 bits per heavy atom. The molecule has 1 N–H and O–H groups in total. The van der Waals surface area contributed by atoms with Crippen LogP contribution in [0.15, 0.2) is 58.9 Å². The first-order valence-electron chi connectivity index (χ1n) is 11.6. The molecule has 6 nitrogen and oxygen atoms in total. The summed E-state index contributed by atoms with van der Waals surface area (Å²) in [7, 11) is 3.37. The molecule has 0 unspecified atom stereocenters. The zero-order chi connectivity index (χ0) is 24.0. The van der Waals surface area contributed by atoms with Crippen molar-refractivity contribution < 1.29 is 19.1 Å². The van der Waals surface area contributed by atoms with Crippen molar-refractivity contribution in [3.8, 4) is 0 Å². The predicted octanol–water partition coefficient (Wildman–Crippen LogP) is 4.59. The van der Waals surface area contributed by atoms with E-state index in [9.17, 15) is 14.4 Å². The number of nitrogens with zero attached hydrogens (tertiary/aromatic N) is 1. The highest BCUT2D eigenvalue weighted by Crippen LogP contribution is 2.42. The number of benzene rings is 1.